The van der Waals surface area contributed by atoms with Crippen molar-refractivity contribution in [1.29, 1.82) is 5.26 Å². The topological polar surface area (TPSA) is 42.3 Å². The summed E-state index contributed by atoms with van der Waals surface area (Å²) < 4.78 is 0. The number of nitrogens with zero attached hydrogens (tertiary/aromatic N) is 3. The number of hydrogen-bond acceptors (Lipinski definition) is 4. The zero-order chi connectivity index (χ0) is 26.9. The van der Waals surface area contributed by atoms with Crippen LogP contribution in [0.4, 0.5) is 5.69 Å². The van der Waals surface area contributed by atoms with Gasteiger partial charge in [-0.2, -0.15) is 5.26 Å². The van der Waals surface area contributed by atoms with E-state index in [4.69, 9.17) is 5.26 Å². The van der Waals surface area contributed by atoms with Crippen LogP contribution in [0.5, 0.6) is 0 Å². The van der Waals surface area contributed by atoms with Crippen molar-refractivity contribution < 1.29 is 0 Å². The molecule has 0 saturated carbocycles. The van der Waals surface area contributed by atoms with Gasteiger partial charge in [-0.1, -0.05) is 85.5 Å². The maximum atomic E-state index is 7.32. The summed E-state index contributed by atoms with van der Waals surface area (Å²) in [4.78, 5) is 2.12. The SMILES string of the molecule is C=C/C=C\C(C)=CC(C=C)CC1=CC(c2ccc(N(C)C)cc2)NN1CC(=C)/C=C\C=C/C.CC#N. The lowest BCUT2D eigenvalue weighted by molar-refractivity contribution is 0.267. The fourth-order valence-corrected chi connectivity index (χ4v) is 3.67. The molecule has 1 N–H and O–H groups in total. The first-order valence-corrected chi connectivity index (χ1v) is 12.2. The molecule has 0 radical (unpaired) electrons. The van der Waals surface area contributed by atoms with E-state index in [9.17, 15) is 0 Å². The standard InChI is InChI=1S/C30H39N3.C2H3N/c1-8-11-13-15-25(5)23-33-29(21-26(10-3)20-24(4)14-12-9-2)22-30(31-33)27-16-18-28(19-17-27)32(6)7;1-2-3/h8-20,22,26,30-31H,2-3,5,21,23H2,1,4,6-7H3;1H3/b11-8-,14-12-,15-13-,24-20?;. The van der Waals surface area contributed by atoms with E-state index >= 15 is 0 Å². The Morgan fingerprint density at radius 2 is 1.83 bits per heavy atom. The van der Waals surface area contributed by atoms with Crippen molar-refractivity contribution >= 4 is 5.69 Å². The van der Waals surface area contributed by atoms with E-state index in [0.29, 0.717) is 0 Å². The molecule has 0 fully saturated rings. The number of allylic oxidation sites excluding steroid dienone is 10. The van der Waals surface area contributed by atoms with E-state index in [1.165, 1.54) is 29.4 Å². The van der Waals surface area contributed by atoms with Crippen molar-refractivity contribution in [3.63, 3.8) is 0 Å². The number of hydrazine groups is 1. The highest BCUT2D eigenvalue weighted by Gasteiger charge is 2.25. The summed E-state index contributed by atoms with van der Waals surface area (Å²) in [6.07, 6.45) is 21.4. The number of benzene rings is 1. The summed E-state index contributed by atoms with van der Waals surface area (Å²) in [5.74, 6) is 0.233. The highest BCUT2D eigenvalue weighted by Crippen LogP contribution is 2.30. The van der Waals surface area contributed by atoms with Crippen LogP contribution in [0.3, 0.4) is 0 Å². The molecule has 2 unspecified atom stereocenters. The molecular formula is C32H42N4. The summed E-state index contributed by atoms with van der Waals surface area (Å²) in [5.41, 5.74) is 9.61. The van der Waals surface area contributed by atoms with E-state index < -0.39 is 0 Å². The van der Waals surface area contributed by atoms with Gasteiger partial charge < -0.3 is 9.91 Å². The Morgan fingerprint density at radius 1 is 1.17 bits per heavy atom. The molecule has 2 rings (SSSR count). The average molecular weight is 483 g/mol. The monoisotopic (exact) mass is 482 g/mol. The van der Waals surface area contributed by atoms with Gasteiger partial charge in [-0.3, -0.25) is 0 Å². The number of nitriles is 1. The van der Waals surface area contributed by atoms with Gasteiger partial charge in [-0.15, -0.1) is 6.58 Å². The van der Waals surface area contributed by atoms with Crippen molar-refractivity contribution in [3.8, 4) is 6.07 Å². The van der Waals surface area contributed by atoms with E-state index in [-0.39, 0.29) is 12.0 Å². The number of rotatable bonds is 12. The van der Waals surface area contributed by atoms with Crippen LogP contribution < -0.4 is 10.3 Å². The minimum Gasteiger partial charge on any atom is -0.378 e. The van der Waals surface area contributed by atoms with Crippen LogP contribution in [0.25, 0.3) is 0 Å². The zero-order valence-corrected chi connectivity index (χ0v) is 22.6. The second-order valence-electron chi connectivity index (χ2n) is 8.71. The summed E-state index contributed by atoms with van der Waals surface area (Å²) in [5, 5.41) is 9.55. The molecule has 1 aliphatic heterocycles. The van der Waals surface area contributed by atoms with Gasteiger partial charge in [0.15, 0.2) is 0 Å². The second-order valence-corrected chi connectivity index (χ2v) is 8.71. The third-order valence-electron chi connectivity index (χ3n) is 5.49. The van der Waals surface area contributed by atoms with Gasteiger partial charge in [0.05, 0.1) is 18.7 Å². The lowest BCUT2D eigenvalue weighted by atomic mass is 9.98. The van der Waals surface area contributed by atoms with E-state index in [1.54, 1.807) is 12.1 Å². The molecule has 1 aliphatic rings. The smallest absolute Gasteiger partial charge is 0.0713 e. The summed E-state index contributed by atoms with van der Waals surface area (Å²) in [7, 11) is 4.12. The quantitative estimate of drug-likeness (QED) is 0.246. The second kappa shape index (κ2) is 16.8. The molecule has 0 aromatic heterocycles. The van der Waals surface area contributed by atoms with E-state index in [0.717, 1.165) is 18.5 Å². The number of anilines is 1. The summed E-state index contributed by atoms with van der Waals surface area (Å²) >= 11 is 0. The van der Waals surface area contributed by atoms with Crippen LogP contribution in [-0.2, 0) is 0 Å². The largest absolute Gasteiger partial charge is 0.378 e. The van der Waals surface area contributed by atoms with Crippen LogP contribution >= 0.6 is 0 Å². The molecule has 4 nitrogen and oxygen atoms in total. The first kappa shape index (κ1) is 30.2. The lowest BCUT2D eigenvalue weighted by Gasteiger charge is -2.26. The van der Waals surface area contributed by atoms with Crippen molar-refractivity contribution in [2.75, 3.05) is 25.5 Å². The summed E-state index contributed by atoms with van der Waals surface area (Å²) in [6.45, 7) is 18.3. The van der Waals surface area contributed by atoms with Crippen LogP contribution in [0.2, 0.25) is 0 Å². The molecule has 1 heterocycles. The maximum absolute atomic E-state index is 7.32. The van der Waals surface area contributed by atoms with Crippen molar-refractivity contribution in [2.24, 2.45) is 5.92 Å². The van der Waals surface area contributed by atoms with E-state index in [2.05, 4.69) is 105 Å². The number of nitrogens with one attached hydrogen (secondary N) is 1. The first-order chi connectivity index (χ1) is 17.3. The van der Waals surface area contributed by atoms with Gasteiger partial charge in [0.2, 0.25) is 0 Å². The van der Waals surface area contributed by atoms with Gasteiger partial charge in [0, 0.05) is 38.3 Å². The Hall–Kier alpha value is -3.81. The van der Waals surface area contributed by atoms with Gasteiger partial charge in [0.1, 0.15) is 0 Å². The molecule has 0 amide bonds. The van der Waals surface area contributed by atoms with E-state index in [1.807, 2.05) is 37.3 Å². The molecule has 36 heavy (non-hydrogen) atoms. The fourth-order valence-electron chi connectivity index (χ4n) is 3.67. The van der Waals surface area contributed by atoms with Gasteiger partial charge >= 0.3 is 0 Å². The van der Waals surface area contributed by atoms with Crippen LogP contribution in [0.1, 0.15) is 38.8 Å². The van der Waals surface area contributed by atoms with Crippen LogP contribution in [0, 0.1) is 17.2 Å². The Kier molecular flexibility index (Phi) is 14.1. The van der Waals surface area contributed by atoms with Crippen molar-refractivity contribution in [3.05, 3.63) is 127 Å². The third-order valence-corrected chi connectivity index (χ3v) is 5.49. The highest BCUT2D eigenvalue weighted by molar-refractivity contribution is 5.47. The molecule has 190 valence electrons. The molecule has 0 saturated heterocycles. The minimum atomic E-state index is 0.125. The third kappa shape index (κ3) is 10.6. The Morgan fingerprint density at radius 3 is 2.39 bits per heavy atom. The highest BCUT2D eigenvalue weighted by atomic mass is 15.5. The maximum Gasteiger partial charge on any atom is 0.0713 e. The molecule has 2 atom stereocenters. The van der Waals surface area contributed by atoms with Crippen molar-refractivity contribution in [1.82, 2.24) is 10.4 Å². The predicted octanol–water partition coefficient (Wildman–Crippen LogP) is 7.60. The minimum absolute atomic E-state index is 0.125. The normalized spacial score (nSPS) is 16.4. The molecule has 0 bridgehead atoms. The Balaban J connectivity index is 0.00000205. The lowest BCUT2D eigenvalue weighted by Crippen LogP contribution is -2.35. The van der Waals surface area contributed by atoms with Gasteiger partial charge in [-0.25, -0.2) is 5.43 Å². The molecular weight excluding hydrogens is 440 g/mol. The summed E-state index contributed by atoms with van der Waals surface area (Å²) in [6, 6.07) is 10.6. The Labute approximate surface area is 219 Å². The van der Waals surface area contributed by atoms with Crippen molar-refractivity contribution in [2.45, 2.75) is 33.2 Å². The van der Waals surface area contributed by atoms with Crippen LogP contribution in [0.15, 0.2) is 122 Å². The van der Waals surface area contributed by atoms with Gasteiger partial charge in [0.25, 0.3) is 0 Å². The fraction of sp³-hybridized carbons (Fsp3) is 0.281. The number of hydrogen-bond donors (Lipinski definition) is 1. The zero-order valence-electron chi connectivity index (χ0n) is 22.6. The first-order valence-electron chi connectivity index (χ1n) is 12.2. The molecule has 4 heteroatoms. The Bertz CT molecular complexity index is 1040. The molecule has 1 aromatic rings. The molecule has 0 aliphatic carbocycles. The predicted molar refractivity (Wildman–Crippen MR) is 157 cm³/mol. The van der Waals surface area contributed by atoms with Crippen LogP contribution in [-0.4, -0.2) is 25.6 Å². The average Bonchev–Trinajstić information content (AvgIpc) is 3.24. The molecule has 0 spiro atoms. The molecule has 1 aromatic carbocycles. The van der Waals surface area contributed by atoms with Gasteiger partial charge in [-0.05, 0) is 49.6 Å².